The van der Waals surface area contributed by atoms with Crippen LogP contribution in [0.25, 0.3) is 0 Å². The van der Waals surface area contributed by atoms with Crippen LogP contribution in [0, 0.1) is 5.92 Å². The van der Waals surface area contributed by atoms with E-state index >= 15 is 0 Å². The third-order valence-electron chi connectivity index (χ3n) is 3.09. The number of nitrogen functional groups attached to an aromatic ring is 1. The van der Waals surface area contributed by atoms with E-state index in [2.05, 4.69) is 14.9 Å². The number of carbonyl (C=O) groups is 1. The highest BCUT2D eigenvalue weighted by atomic mass is 16.1. The molecule has 1 amide bonds. The smallest absolute Gasteiger partial charge is 0.221 e. The largest absolute Gasteiger partial charge is 0.370 e. The van der Waals surface area contributed by atoms with Gasteiger partial charge >= 0.3 is 0 Å². The van der Waals surface area contributed by atoms with Gasteiger partial charge in [-0.25, -0.2) is 4.98 Å². The molecule has 1 aliphatic rings. The molecule has 17 heavy (non-hydrogen) atoms. The van der Waals surface area contributed by atoms with Gasteiger partial charge in [0.05, 0.1) is 0 Å². The van der Waals surface area contributed by atoms with Gasteiger partial charge in [0.2, 0.25) is 11.9 Å². The lowest BCUT2D eigenvalue weighted by Crippen LogP contribution is -2.35. The minimum atomic E-state index is -0.213. The Kier molecular flexibility index (Phi) is 3.41. The van der Waals surface area contributed by atoms with Gasteiger partial charge in [0.15, 0.2) is 0 Å². The summed E-state index contributed by atoms with van der Waals surface area (Å²) in [5.41, 5.74) is 10.7. The first kappa shape index (κ1) is 11.6. The van der Waals surface area contributed by atoms with Crippen LogP contribution < -0.4 is 16.4 Å². The molecule has 1 fully saturated rings. The highest BCUT2D eigenvalue weighted by Gasteiger charge is 2.21. The van der Waals surface area contributed by atoms with Crippen LogP contribution in [-0.4, -0.2) is 29.0 Å². The third kappa shape index (κ3) is 3.05. The number of aromatic nitrogens is 2. The number of amides is 1. The molecular formula is C11H17N5O. The molecule has 1 saturated heterocycles. The van der Waals surface area contributed by atoms with E-state index in [0.717, 1.165) is 31.7 Å². The third-order valence-corrected chi connectivity index (χ3v) is 3.09. The van der Waals surface area contributed by atoms with E-state index in [1.54, 1.807) is 6.20 Å². The van der Waals surface area contributed by atoms with E-state index in [-0.39, 0.29) is 5.91 Å². The summed E-state index contributed by atoms with van der Waals surface area (Å²) in [4.78, 5) is 21.0. The van der Waals surface area contributed by atoms with Gasteiger partial charge in [0.25, 0.3) is 0 Å². The second kappa shape index (κ2) is 4.99. The van der Waals surface area contributed by atoms with Crippen LogP contribution in [0.5, 0.6) is 0 Å². The van der Waals surface area contributed by atoms with Crippen molar-refractivity contribution < 1.29 is 4.79 Å². The molecule has 0 spiro atoms. The highest BCUT2D eigenvalue weighted by molar-refractivity contribution is 5.74. The van der Waals surface area contributed by atoms with Crippen molar-refractivity contribution >= 4 is 17.7 Å². The summed E-state index contributed by atoms with van der Waals surface area (Å²) < 4.78 is 0. The molecule has 0 radical (unpaired) electrons. The van der Waals surface area contributed by atoms with Crippen molar-refractivity contribution in [1.82, 2.24) is 9.97 Å². The fraction of sp³-hybridized carbons (Fsp3) is 0.545. The van der Waals surface area contributed by atoms with Crippen LogP contribution in [0.2, 0.25) is 0 Å². The predicted octanol–water partition coefficient (Wildman–Crippen LogP) is 0.151. The molecule has 2 heterocycles. The number of hydrogen-bond donors (Lipinski definition) is 2. The molecule has 4 N–H and O–H groups in total. The summed E-state index contributed by atoms with van der Waals surface area (Å²) in [6.07, 6.45) is 4.08. The number of carbonyl (C=O) groups excluding carboxylic acids is 1. The molecular weight excluding hydrogens is 218 g/mol. The number of anilines is 2. The first-order chi connectivity index (χ1) is 8.15. The number of primary amides is 1. The molecule has 6 heteroatoms. The predicted molar refractivity (Wildman–Crippen MR) is 65.2 cm³/mol. The Bertz CT molecular complexity index is 401. The van der Waals surface area contributed by atoms with E-state index in [1.807, 2.05) is 6.07 Å². The molecule has 1 aromatic rings. The van der Waals surface area contributed by atoms with Crippen molar-refractivity contribution in [2.45, 2.75) is 19.3 Å². The Morgan fingerprint density at radius 2 is 2.18 bits per heavy atom. The maximum atomic E-state index is 10.8. The van der Waals surface area contributed by atoms with Crippen molar-refractivity contribution in [3.63, 3.8) is 0 Å². The Morgan fingerprint density at radius 3 is 2.76 bits per heavy atom. The summed E-state index contributed by atoms with van der Waals surface area (Å²) >= 11 is 0. The number of rotatable bonds is 3. The van der Waals surface area contributed by atoms with E-state index < -0.39 is 0 Å². The van der Waals surface area contributed by atoms with Crippen LogP contribution in [0.1, 0.15) is 19.3 Å². The van der Waals surface area contributed by atoms with Crippen LogP contribution in [0.15, 0.2) is 12.3 Å². The molecule has 0 bridgehead atoms. The Hall–Kier alpha value is -1.85. The van der Waals surface area contributed by atoms with Crippen LogP contribution >= 0.6 is 0 Å². The van der Waals surface area contributed by atoms with Crippen molar-refractivity contribution in [3.8, 4) is 0 Å². The molecule has 0 aromatic carbocycles. The molecule has 0 aliphatic carbocycles. The van der Waals surface area contributed by atoms with Gasteiger partial charge < -0.3 is 16.4 Å². The lowest BCUT2D eigenvalue weighted by atomic mass is 9.93. The van der Waals surface area contributed by atoms with Gasteiger partial charge in [0.1, 0.15) is 5.82 Å². The van der Waals surface area contributed by atoms with Gasteiger partial charge in [-0.2, -0.15) is 4.98 Å². The van der Waals surface area contributed by atoms with Crippen LogP contribution in [0.4, 0.5) is 11.8 Å². The second-order valence-corrected chi connectivity index (χ2v) is 4.37. The topological polar surface area (TPSA) is 98.1 Å². The summed E-state index contributed by atoms with van der Waals surface area (Å²) in [5.74, 6) is 1.34. The SMILES string of the molecule is NC(=O)CC1CCN(c2ccnc(N)n2)CC1. The molecule has 6 nitrogen and oxygen atoms in total. The van der Waals surface area contributed by atoms with Crippen molar-refractivity contribution in [2.75, 3.05) is 23.7 Å². The average Bonchev–Trinajstić information content (AvgIpc) is 2.29. The van der Waals surface area contributed by atoms with Gasteiger partial charge in [-0.15, -0.1) is 0 Å². The van der Waals surface area contributed by atoms with Crippen molar-refractivity contribution in [1.29, 1.82) is 0 Å². The van der Waals surface area contributed by atoms with Gasteiger partial charge in [-0.1, -0.05) is 0 Å². The number of piperidine rings is 1. The fourth-order valence-electron chi connectivity index (χ4n) is 2.19. The maximum Gasteiger partial charge on any atom is 0.221 e. The highest BCUT2D eigenvalue weighted by Crippen LogP contribution is 2.23. The number of hydrogen-bond acceptors (Lipinski definition) is 5. The maximum absolute atomic E-state index is 10.8. The summed E-state index contributed by atoms with van der Waals surface area (Å²) in [5, 5.41) is 0. The van der Waals surface area contributed by atoms with E-state index in [0.29, 0.717) is 18.3 Å². The number of nitrogens with two attached hydrogens (primary N) is 2. The minimum Gasteiger partial charge on any atom is -0.370 e. The lowest BCUT2D eigenvalue weighted by Gasteiger charge is -2.32. The van der Waals surface area contributed by atoms with Gasteiger partial charge in [0, 0.05) is 25.7 Å². The average molecular weight is 235 g/mol. The second-order valence-electron chi connectivity index (χ2n) is 4.37. The van der Waals surface area contributed by atoms with Gasteiger partial charge in [-0.3, -0.25) is 4.79 Å². The first-order valence-corrected chi connectivity index (χ1v) is 5.77. The zero-order chi connectivity index (χ0) is 12.3. The molecule has 1 aliphatic heterocycles. The molecule has 2 rings (SSSR count). The first-order valence-electron chi connectivity index (χ1n) is 5.77. The Labute approximate surface area is 100 Å². The van der Waals surface area contributed by atoms with Crippen LogP contribution in [-0.2, 0) is 4.79 Å². The zero-order valence-corrected chi connectivity index (χ0v) is 9.67. The molecule has 0 unspecified atom stereocenters. The summed E-state index contributed by atoms with van der Waals surface area (Å²) in [6.45, 7) is 1.77. The van der Waals surface area contributed by atoms with E-state index in [9.17, 15) is 4.79 Å². The molecule has 1 aromatic heterocycles. The Balaban J connectivity index is 1.93. The van der Waals surface area contributed by atoms with Crippen molar-refractivity contribution in [3.05, 3.63) is 12.3 Å². The monoisotopic (exact) mass is 235 g/mol. The molecule has 0 saturated carbocycles. The van der Waals surface area contributed by atoms with Gasteiger partial charge in [-0.05, 0) is 24.8 Å². The lowest BCUT2D eigenvalue weighted by molar-refractivity contribution is -0.119. The van der Waals surface area contributed by atoms with E-state index in [1.165, 1.54) is 0 Å². The summed E-state index contributed by atoms with van der Waals surface area (Å²) in [6, 6.07) is 1.85. The zero-order valence-electron chi connectivity index (χ0n) is 9.67. The van der Waals surface area contributed by atoms with E-state index in [4.69, 9.17) is 11.5 Å². The van der Waals surface area contributed by atoms with Crippen molar-refractivity contribution in [2.24, 2.45) is 11.7 Å². The quantitative estimate of drug-likeness (QED) is 0.777. The molecule has 92 valence electrons. The minimum absolute atomic E-state index is 0.213. The fourth-order valence-corrected chi connectivity index (χ4v) is 2.19. The Morgan fingerprint density at radius 1 is 1.47 bits per heavy atom. The number of nitrogens with zero attached hydrogens (tertiary/aromatic N) is 3. The van der Waals surface area contributed by atoms with Crippen LogP contribution in [0.3, 0.4) is 0 Å². The molecule has 0 atom stereocenters. The summed E-state index contributed by atoms with van der Waals surface area (Å²) in [7, 11) is 0. The standard InChI is InChI=1S/C11H17N5O/c12-9(17)7-8-2-5-16(6-3-8)10-1-4-14-11(13)15-10/h1,4,8H,2-3,5-7H2,(H2,12,17)(H2,13,14,15). The normalized spacial score (nSPS) is 17.1.